The van der Waals surface area contributed by atoms with E-state index in [2.05, 4.69) is 9.97 Å². The lowest BCUT2D eigenvalue weighted by Crippen LogP contribution is -2.14. The van der Waals surface area contributed by atoms with Crippen LogP contribution in [0.2, 0.25) is 0 Å². The first-order valence-electron chi connectivity index (χ1n) is 8.08. The molecular formula is C19H11F3N2O4. The van der Waals surface area contributed by atoms with E-state index < -0.39 is 29.9 Å². The number of fused-ring (bicyclic) bond motifs is 3. The Morgan fingerprint density at radius 1 is 1.14 bits per heavy atom. The van der Waals surface area contributed by atoms with E-state index in [-0.39, 0.29) is 17.0 Å². The molecule has 0 aliphatic carbocycles. The normalized spacial score (nSPS) is 11.8. The molecule has 6 nitrogen and oxygen atoms in total. The van der Waals surface area contributed by atoms with Gasteiger partial charge in [-0.2, -0.15) is 13.2 Å². The lowest BCUT2D eigenvalue weighted by molar-refractivity contribution is -0.137. The van der Waals surface area contributed by atoms with Crippen LogP contribution in [-0.2, 0) is 17.5 Å². The molecular weight excluding hydrogens is 377 g/mol. The molecule has 9 heteroatoms. The highest BCUT2D eigenvalue weighted by molar-refractivity contribution is 6.01. The molecule has 2 aromatic carbocycles. The van der Waals surface area contributed by atoms with Crippen LogP contribution in [0.4, 0.5) is 13.2 Å². The Kier molecular flexibility index (Phi) is 4.14. The quantitative estimate of drug-likeness (QED) is 0.536. The van der Waals surface area contributed by atoms with Crippen LogP contribution in [0.3, 0.4) is 0 Å². The molecule has 0 aliphatic rings. The number of rotatable bonds is 3. The minimum atomic E-state index is -4.57. The first kappa shape index (κ1) is 17.8. The fourth-order valence-electron chi connectivity index (χ4n) is 2.76. The Hall–Kier alpha value is -3.62. The molecule has 2 heterocycles. The number of hydrogen-bond donors (Lipinski definition) is 1. The predicted octanol–water partition coefficient (Wildman–Crippen LogP) is 4.05. The highest BCUT2D eigenvalue weighted by Gasteiger charge is 2.31. The number of aromatic amines is 1. The average Bonchev–Trinajstić information content (AvgIpc) is 3.05. The summed E-state index contributed by atoms with van der Waals surface area (Å²) in [5, 5.41) is 0.619. The van der Waals surface area contributed by atoms with Crippen LogP contribution in [0.1, 0.15) is 21.7 Å². The minimum Gasteiger partial charge on any atom is -0.454 e. The summed E-state index contributed by atoms with van der Waals surface area (Å²) in [6.45, 7) is -0.417. The van der Waals surface area contributed by atoms with Gasteiger partial charge in [-0.15, -0.1) is 0 Å². The molecule has 0 spiro atoms. The molecule has 0 bridgehead atoms. The summed E-state index contributed by atoms with van der Waals surface area (Å²) in [5.74, 6) is -0.921. The minimum absolute atomic E-state index is 0.0363. The summed E-state index contributed by atoms with van der Waals surface area (Å²) in [6, 6.07) is 10.8. The SMILES string of the molecule is O=C(OCc1nc2c(oc3ccccc32)c(=O)[nH]1)c1cccc(C(F)(F)F)c1. The number of alkyl halides is 3. The number of aromatic nitrogens is 2. The van der Waals surface area contributed by atoms with E-state index in [1.54, 1.807) is 24.3 Å². The highest BCUT2D eigenvalue weighted by atomic mass is 19.4. The second-order valence-corrected chi connectivity index (χ2v) is 5.94. The van der Waals surface area contributed by atoms with Crippen molar-refractivity contribution >= 4 is 28.0 Å². The van der Waals surface area contributed by atoms with Crippen LogP contribution in [0.5, 0.6) is 0 Å². The van der Waals surface area contributed by atoms with Crippen molar-refractivity contribution in [2.75, 3.05) is 0 Å². The molecule has 0 saturated carbocycles. The lowest BCUT2D eigenvalue weighted by atomic mass is 10.1. The maximum Gasteiger partial charge on any atom is 0.416 e. The number of hydrogen-bond acceptors (Lipinski definition) is 5. The van der Waals surface area contributed by atoms with Gasteiger partial charge in [0.1, 0.15) is 23.5 Å². The van der Waals surface area contributed by atoms with Gasteiger partial charge in [0.25, 0.3) is 5.56 Å². The summed E-state index contributed by atoms with van der Waals surface area (Å²) in [6.07, 6.45) is -4.57. The van der Waals surface area contributed by atoms with Crippen LogP contribution < -0.4 is 5.56 Å². The molecule has 0 fully saturated rings. The third-order valence-corrected chi connectivity index (χ3v) is 4.05. The number of nitrogens with zero attached hydrogens (tertiary/aromatic N) is 1. The Labute approximate surface area is 154 Å². The van der Waals surface area contributed by atoms with E-state index >= 15 is 0 Å². The summed E-state index contributed by atoms with van der Waals surface area (Å²) >= 11 is 0. The number of H-pyrrole nitrogens is 1. The Morgan fingerprint density at radius 2 is 1.93 bits per heavy atom. The van der Waals surface area contributed by atoms with E-state index in [9.17, 15) is 22.8 Å². The van der Waals surface area contributed by atoms with Crippen molar-refractivity contribution in [3.63, 3.8) is 0 Å². The van der Waals surface area contributed by atoms with Gasteiger partial charge in [-0.1, -0.05) is 18.2 Å². The van der Waals surface area contributed by atoms with E-state index in [0.717, 1.165) is 12.1 Å². The summed E-state index contributed by atoms with van der Waals surface area (Å²) < 4.78 is 48.7. The molecule has 0 aliphatic heterocycles. The van der Waals surface area contributed by atoms with Crippen molar-refractivity contribution in [2.24, 2.45) is 0 Å². The van der Waals surface area contributed by atoms with Gasteiger partial charge < -0.3 is 14.1 Å². The van der Waals surface area contributed by atoms with E-state index in [1.807, 2.05) is 0 Å². The topological polar surface area (TPSA) is 85.2 Å². The van der Waals surface area contributed by atoms with Gasteiger partial charge in [0.15, 0.2) is 0 Å². The Morgan fingerprint density at radius 3 is 2.71 bits per heavy atom. The number of carbonyl (C=O) groups excluding carboxylic acids is 1. The third-order valence-electron chi connectivity index (χ3n) is 4.05. The van der Waals surface area contributed by atoms with Gasteiger partial charge >= 0.3 is 12.1 Å². The van der Waals surface area contributed by atoms with E-state index in [0.29, 0.717) is 22.6 Å². The maximum atomic E-state index is 12.8. The number of ether oxygens (including phenoxy) is 1. The first-order chi connectivity index (χ1) is 13.3. The fourth-order valence-corrected chi connectivity index (χ4v) is 2.76. The van der Waals surface area contributed by atoms with Crippen LogP contribution in [-0.4, -0.2) is 15.9 Å². The zero-order chi connectivity index (χ0) is 19.9. The molecule has 142 valence electrons. The number of furan rings is 1. The zero-order valence-electron chi connectivity index (χ0n) is 14.0. The van der Waals surface area contributed by atoms with Crippen LogP contribution >= 0.6 is 0 Å². The predicted molar refractivity (Wildman–Crippen MR) is 92.7 cm³/mol. The van der Waals surface area contributed by atoms with Gasteiger partial charge in [0.2, 0.25) is 5.58 Å². The van der Waals surface area contributed by atoms with Gasteiger partial charge in [-0.05, 0) is 30.3 Å². The molecule has 1 N–H and O–H groups in total. The fraction of sp³-hybridized carbons (Fsp3) is 0.105. The molecule has 0 amide bonds. The zero-order valence-corrected chi connectivity index (χ0v) is 14.0. The first-order valence-corrected chi connectivity index (χ1v) is 8.08. The largest absolute Gasteiger partial charge is 0.454 e. The lowest BCUT2D eigenvalue weighted by Gasteiger charge is -2.08. The van der Waals surface area contributed by atoms with Crippen LogP contribution in [0, 0.1) is 0 Å². The second-order valence-electron chi connectivity index (χ2n) is 5.94. The van der Waals surface area contributed by atoms with Crippen molar-refractivity contribution in [1.82, 2.24) is 9.97 Å². The van der Waals surface area contributed by atoms with Gasteiger partial charge in [0.05, 0.1) is 11.1 Å². The highest BCUT2D eigenvalue weighted by Crippen LogP contribution is 2.29. The third kappa shape index (κ3) is 3.22. The maximum absolute atomic E-state index is 12.8. The number of halogens is 3. The second kappa shape index (κ2) is 6.52. The van der Waals surface area contributed by atoms with Crippen molar-refractivity contribution in [3.05, 3.63) is 75.8 Å². The number of carbonyl (C=O) groups is 1. The molecule has 4 aromatic rings. The Balaban J connectivity index is 1.60. The standard InChI is InChI=1S/C19H11F3N2O4/c20-19(21,22)11-5-3-4-10(8-11)18(26)27-9-14-23-15-12-6-1-2-7-13(12)28-16(15)17(25)24-14/h1-8H,9H2,(H,23,24,25). The smallest absolute Gasteiger partial charge is 0.416 e. The van der Waals surface area contributed by atoms with Gasteiger partial charge in [-0.3, -0.25) is 4.79 Å². The van der Waals surface area contributed by atoms with Gasteiger partial charge in [0, 0.05) is 5.39 Å². The average molecular weight is 388 g/mol. The van der Waals surface area contributed by atoms with Crippen molar-refractivity contribution in [3.8, 4) is 0 Å². The monoisotopic (exact) mass is 388 g/mol. The summed E-state index contributed by atoms with van der Waals surface area (Å²) in [7, 11) is 0. The van der Waals surface area contributed by atoms with Gasteiger partial charge in [-0.25, -0.2) is 9.78 Å². The Bertz CT molecular complexity index is 1260. The van der Waals surface area contributed by atoms with E-state index in [4.69, 9.17) is 9.15 Å². The van der Waals surface area contributed by atoms with Crippen LogP contribution in [0.25, 0.3) is 22.1 Å². The number of nitrogens with one attached hydrogen (secondary N) is 1. The summed E-state index contributed by atoms with van der Waals surface area (Å²) in [5.41, 5.74) is -0.940. The molecule has 0 unspecified atom stereocenters. The number of esters is 1. The molecule has 0 saturated heterocycles. The number of para-hydroxylation sites is 1. The number of benzene rings is 2. The molecule has 0 atom stereocenters. The summed E-state index contributed by atoms with van der Waals surface area (Å²) in [4.78, 5) is 30.9. The van der Waals surface area contributed by atoms with Crippen molar-refractivity contribution < 1.29 is 27.1 Å². The van der Waals surface area contributed by atoms with E-state index in [1.165, 1.54) is 6.07 Å². The van der Waals surface area contributed by atoms with Crippen LogP contribution in [0.15, 0.2) is 57.7 Å². The van der Waals surface area contributed by atoms with Crippen molar-refractivity contribution in [2.45, 2.75) is 12.8 Å². The molecule has 2 aromatic heterocycles. The van der Waals surface area contributed by atoms with Crippen molar-refractivity contribution in [1.29, 1.82) is 0 Å². The molecule has 0 radical (unpaired) electrons. The molecule has 4 rings (SSSR count). The molecule has 28 heavy (non-hydrogen) atoms.